The van der Waals surface area contributed by atoms with E-state index < -0.39 is 35.9 Å². The molecular weight excluding hydrogens is 500 g/mol. The summed E-state index contributed by atoms with van der Waals surface area (Å²) in [7, 11) is 1.38. The Hall–Kier alpha value is -3.95. The Kier molecular flexibility index (Phi) is 9.88. The van der Waals surface area contributed by atoms with Gasteiger partial charge < -0.3 is 29.4 Å². The molecule has 4 unspecified atom stereocenters. The number of carbonyl (C=O) groups excluding carboxylic acids is 2. The van der Waals surface area contributed by atoms with Crippen molar-refractivity contribution >= 4 is 11.9 Å². The summed E-state index contributed by atoms with van der Waals surface area (Å²) in [6, 6.07) is 20.1. The molecule has 206 valence electrons. The van der Waals surface area contributed by atoms with Crippen molar-refractivity contribution in [2.75, 3.05) is 7.11 Å². The van der Waals surface area contributed by atoms with E-state index >= 15 is 0 Å². The number of carbonyl (C=O) groups is 2. The summed E-state index contributed by atoms with van der Waals surface area (Å²) in [5.41, 5.74) is 1.79. The van der Waals surface area contributed by atoms with Gasteiger partial charge in [-0.15, -0.1) is 0 Å². The smallest absolute Gasteiger partial charge is 0.329 e. The number of amides is 1. The molecule has 4 atom stereocenters. The Balaban J connectivity index is 1.49. The van der Waals surface area contributed by atoms with E-state index in [0.717, 1.165) is 11.1 Å². The standard InChI is InChI=1S/C30H34N2O7/c1-20-28(38-19-22-12-7-4-8-13-22)25(37-18-21-10-5-3-6-11-21)15-9-14-23(30(35)39-20)32-29(34)26-27(33)24(36-2)16-17-31-26/h3-8,10-13,16-17,20,23,25,28,33H,9,14-15,18-19H2,1-2H3,(H,32,34). The van der Waals surface area contributed by atoms with Crippen molar-refractivity contribution in [3.05, 3.63) is 89.7 Å². The minimum Gasteiger partial charge on any atom is -0.503 e. The SMILES string of the molecule is COc1ccnc(C(=O)NC2CCCC(OCc3ccccc3)C(OCc3ccccc3)C(C)OC2=O)c1O. The van der Waals surface area contributed by atoms with Crippen LogP contribution in [0.1, 0.15) is 47.8 Å². The van der Waals surface area contributed by atoms with Gasteiger partial charge in [0.15, 0.2) is 17.2 Å². The number of hydrogen-bond acceptors (Lipinski definition) is 8. The number of ether oxygens (including phenoxy) is 4. The van der Waals surface area contributed by atoms with Crippen molar-refractivity contribution in [1.29, 1.82) is 0 Å². The normalized spacial score (nSPS) is 21.6. The van der Waals surface area contributed by atoms with E-state index in [1.807, 2.05) is 60.7 Å². The molecule has 4 rings (SSSR count). The molecule has 0 radical (unpaired) electrons. The first kappa shape index (κ1) is 28.1. The molecule has 1 aliphatic heterocycles. The summed E-state index contributed by atoms with van der Waals surface area (Å²) in [6.45, 7) is 2.49. The van der Waals surface area contributed by atoms with Gasteiger partial charge in [-0.2, -0.15) is 0 Å². The van der Waals surface area contributed by atoms with Gasteiger partial charge in [0.2, 0.25) is 0 Å². The number of aromatic nitrogens is 1. The molecule has 0 aliphatic carbocycles. The maximum Gasteiger partial charge on any atom is 0.329 e. The van der Waals surface area contributed by atoms with E-state index in [2.05, 4.69) is 10.3 Å². The highest BCUT2D eigenvalue weighted by Gasteiger charge is 2.36. The number of pyridine rings is 1. The fourth-order valence-corrected chi connectivity index (χ4v) is 4.53. The molecule has 9 nitrogen and oxygen atoms in total. The zero-order valence-corrected chi connectivity index (χ0v) is 22.1. The van der Waals surface area contributed by atoms with Gasteiger partial charge in [-0.3, -0.25) is 4.79 Å². The van der Waals surface area contributed by atoms with Crippen LogP contribution < -0.4 is 10.1 Å². The van der Waals surface area contributed by atoms with Crippen LogP contribution in [-0.4, -0.2) is 53.4 Å². The van der Waals surface area contributed by atoms with Gasteiger partial charge in [0.05, 0.1) is 26.4 Å². The van der Waals surface area contributed by atoms with E-state index in [1.54, 1.807) is 6.92 Å². The Labute approximate surface area is 228 Å². The lowest BCUT2D eigenvalue weighted by Crippen LogP contribution is -2.45. The second-order valence-corrected chi connectivity index (χ2v) is 9.41. The molecule has 39 heavy (non-hydrogen) atoms. The van der Waals surface area contributed by atoms with Crippen LogP contribution in [0.4, 0.5) is 0 Å². The monoisotopic (exact) mass is 534 g/mol. The first-order valence-corrected chi connectivity index (χ1v) is 13.0. The van der Waals surface area contributed by atoms with E-state index in [-0.39, 0.29) is 17.5 Å². The zero-order chi connectivity index (χ0) is 27.6. The Morgan fingerprint density at radius 1 is 1.00 bits per heavy atom. The van der Waals surface area contributed by atoms with Crippen LogP contribution in [0.5, 0.6) is 11.5 Å². The second kappa shape index (κ2) is 13.7. The number of benzene rings is 2. The van der Waals surface area contributed by atoms with Gasteiger partial charge in [0, 0.05) is 12.3 Å². The second-order valence-electron chi connectivity index (χ2n) is 9.41. The van der Waals surface area contributed by atoms with Crippen LogP contribution in [0.25, 0.3) is 0 Å². The van der Waals surface area contributed by atoms with Crippen LogP contribution in [0.2, 0.25) is 0 Å². The summed E-state index contributed by atoms with van der Waals surface area (Å²) in [6.07, 6.45) is 1.28. The Bertz CT molecular complexity index is 1220. The molecule has 0 bridgehead atoms. The van der Waals surface area contributed by atoms with Crippen molar-refractivity contribution in [3.63, 3.8) is 0 Å². The maximum atomic E-state index is 13.2. The average Bonchev–Trinajstić information content (AvgIpc) is 3.00. The van der Waals surface area contributed by atoms with Gasteiger partial charge in [0.1, 0.15) is 18.2 Å². The van der Waals surface area contributed by atoms with E-state index in [4.69, 9.17) is 18.9 Å². The number of hydrogen-bond donors (Lipinski definition) is 2. The predicted molar refractivity (Wildman–Crippen MR) is 143 cm³/mol. The van der Waals surface area contributed by atoms with Crippen molar-refractivity contribution in [2.45, 2.75) is 63.8 Å². The van der Waals surface area contributed by atoms with Gasteiger partial charge >= 0.3 is 5.97 Å². The first-order valence-electron chi connectivity index (χ1n) is 13.0. The fraction of sp³-hybridized carbons (Fsp3) is 0.367. The first-order chi connectivity index (χ1) is 19.0. The number of esters is 1. The van der Waals surface area contributed by atoms with Crippen molar-refractivity contribution in [3.8, 4) is 11.5 Å². The predicted octanol–water partition coefficient (Wildman–Crippen LogP) is 4.18. The fourth-order valence-electron chi connectivity index (χ4n) is 4.53. The molecule has 2 heterocycles. The van der Waals surface area contributed by atoms with Crippen LogP contribution in [0.15, 0.2) is 72.9 Å². The molecule has 1 aliphatic rings. The zero-order valence-electron chi connectivity index (χ0n) is 22.1. The molecule has 9 heteroatoms. The molecule has 1 amide bonds. The maximum absolute atomic E-state index is 13.2. The Morgan fingerprint density at radius 3 is 2.28 bits per heavy atom. The number of rotatable bonds is 9. The molecule has 3 aromatic rings. The minimum absolute atomic E-state index is 0.109. The summed E-state index contributed by atoms with van der Waals surface area (Å²) in [4.78, 5) is 30.0. The van der Waals surface area contributed by atoms with Crippen molar-refractivity contribution < 1.29 is 33.6 Å². The van der Waals surface area contributed by atoms with E-state index in [9.17, 15) is 14.7 Å². The third-order valence-corrected chi connectivity index (χ3v) is 6.62. The lowest BCUT2D eigenvalue weighted by molar-refractivity contribution is -0.170. The highest BCUT2D eigenvalue weighted by atomic mass is 16.6. The third-order valence-electron chi connectivity index (χ3n) is 6.62. The molecular formula is C30H34N2O7. The number of cyclic esters (lactones) is 1. The average molecular weight is 535 g/mol. The molecule has 1 fully saturated rings. The summed E-state index contributed by atoms with van der Waals surface area (Å²) in [5.74, 6) is -1.58. The van der Waals surface area contributed by atoms with Crippen LogP contribution in [-0.2, 0) is 32.2 Å². The molecule has 2 N–H and O–H groups in total. The summed E-state index contributed by atoms with van der Waals surface area (Å²) >= 11 is 0. The quantitative estimate of drug-likeness (QED) is 0.393. The molecule has 1 saturated heterocycles. The third kappa shape index (κ3) is 7.55. The van der Waals surface area contributed by atoms with E-state index in [1.165, 1.54) is 19.4 Å². The minimum atomic E-state index is -0.935. The summed E-state index contributed by atoms with van der Waals surface area (Å²) in [5, 5.41) is 13.0. The summed E-state index contributed by atoms with van der Waals surface area (Å²) < 4.78 is 23.5. The number of nitrogens with zero attached hydrogens (tertiary/aromatic N) is 1. The van der Waals surface area contributed by atoms with Crippen molar-refractivity contribution in [1.82, 2.24) is 10.3 Å². The molecule has 0 spiro atoms. The highest BCUT2D eigenvalue weighted by Crippen LogP contribution is 2.28. The number of aromatic hydroxyl groups is 1. The number of nitrogens with one attached hydrogen (secondary N) is 1. The van der Waals surface area contributed by atoms with Gasteiger partial charge in [-0.25, -0.2) is 9.78 Å². The topological polar surface area (TPSA) is 116 Å². The molecule has 0 saturated carbocycles. The lowest BCUT2D eigenvalue weighted by Gasteiger charge is -2.31. The van der Waals surface area contributed by atoms with Crippen LogP contribution in [0.3, 0.4) is 0 Å². The largest absolute Gasteiger partial charge is 0.503 e. The highest BCUT2D eigenvalue weighted by molar-refractivity contribution is 5.97. The van der Waals surface area contributed by atoms with Crippen LogP contribution >= 0.6 is 0 Å². The number of methoxy groups -OCH3 is 1. The van der Waals surface area contributed by atoms with Gasteiger partial charge in [0.25, 0.3) is 5.91 Å². The Morgan fingerprint density at radius 2 is 1.64 bits per heavy atom. The molecule has 1 aromatic heterocycles. The van der Waals surface area contributed by atoms with Gasteiger partial charge in [-0.1, -0.05) is 60.7 Å². The van der Waals surface area contributed by atoms with Crippen LogP contribution in [0, 0.1) is 0 Å². The lowest BCUT2D eigenvalue weighted by atomic mass is 10.0. The van der Waals surface area contributed by atoms with Crippen molar-refractivity contribution in [2.24, 2.45) is 0 Å². The van der Waals surface area contributed by atoms with E-state index in [0.29, 0.717) is 32.5 Å². The van der Waals surface area contributed by atoms with Gasteiger partial charge in [-0.05, 0) is 37.3 Å². The molecule has 2 aromatic carbocycles.